The van der Waals surface area contributed by atoms with Gasteiger partial charge in [0.15, 0.2) is 5.75 Å². The van der Waals surface area contributed by atoms with Gasteiger partial charge in [0.2, 0.25) is 0 Å². The van der Waals surface area contributed by atoms with Gasteiger partial charge < -0.3 is 15.0 Å². The summed E-state index contributed by atoms with van der Waals surface area (Å²) in [5.41, 5.74) is 4.52. The number of carbonyl (C=O) groups excluding carboxylic acids is 1. The zero-order valence-corrected chi connectivity index (χ0v) is 15.5. The van der Waals surface area contributed by atoms with E-state index < -0.39 is 0 Å². The molecule has 1 aromatic heterocycles. The van der Waals surface area contributed by atoms with E-state index in [-0.39, 0.29) is 5.91 Å². The van der Waals surface area contributed by atoms with Crippen LogP contribution in [0.1, 0.15) is 15.9 Å². The number of aromatic nitrogens is 2. The standard InChI is InChI=1S/C21H22N4O2/c1-24-8-9-27-20-18(21(26)22-12-15-13-23-25(2)14-15)10-17(11-19(20)24)16-6-4-3-5-7-16/h3-7,10-11,13-14H,8-9,12H2,1-2H3,(H,22,26). The quantitative estimate of drug-likeness (QED) is 0.775. The van der Waals surface area contributed by atoms with E-state index in [0.29, 0.717) is 24.5 Å². The molecule has 138 valence electrons. The molecule has 0 bridgehead atoms. The van der Waals surface area contributed by atoms with E-state index in [9.17, 15) is 4.79 Å². The Labute approximate surface area is 158 Å². The van der Waals surface area contributed by atoms with Crippen molar-refractivity contribution in [1.29, 1.82) is 0 Å². The summed E-state index contributed by atoms with van der Waals surface area (Å²) in [6.07, 6.45) is 3.64. The molecule has 0 saturated heterocycles. The first-order valence-corrected chi connectivity index (χ1v) is 8.95. The molecule has 0 spiro atoms. The largest absolute Gasteiger partial charge is 0.489 e. The lowest BCUT2D eigenvalue weighted by Crippen LogP contribution is -2.31. The van der Waals surface area contributed by atoms with E-state index >= 15 is 0 Å². The number of likely N-dealkylation sites (N-methyl/N-ethyl adjacent to an activating group) is 1. The normalized spacial score (nSPS) is 13.0. The van der Waals surface area contributed by atoms with Gasteiger partial charge >= 0.3 is 0 Å². The van der Waals surface area contributed by atoms with E-state index in [2.05, 4.69) is 21.4 Å². The topological polar surface area (TPSA) is 59.4 Å². The molecule has 0 saturated carbocycles. The molecule has 0 fully saturated rings. The first-order chi connectivity index (χ1) is 13.1. The smallest absolute Gasteiger partial charge is 0.255 e. The third-order valence-electron chi connectivity index (χ3n) is 4.72. The molecule has 0 aliphatic carbocycles. The van der Waals surface area contributed by atoms with Crippen molar-refractivity contribution in [2.75, 3.05) is 25.1 Å². The number of anilines is 1. The summed E-state index contributed by atoms with van der Waals surface area (Å²) in [5, 5.41) is 7.12. The number of fused-ring (bicyclic) bond motifs is 1. The molecule has 0 radical (unpaired) electrons. The number of benzene rings is 2. The number of hydrogen-bond donors (Lipinski definition) is 1. The van der Waals surface area contributed by atoms with Crippen molar-refractivity contribution in [1.82, 2.24) is 15.1 Å². The minimum Gasteiger partial charge on any atom is -0.489 e. The first kappa shape index (κ1) is 17.1. The maximum Gasteiger partial charge on any atom is 0.255 e. The highest BCUT2D eigenvalue weighted by molar-refractivity contribution is 6.00. The Kier molecular flexibility index (Phi) is 4.54. The summed E-state index contributed by atoms with van der Waals surface area (Å²) in [6.45, 7) is 1.78. The van der Waals surface area contributed by atoms with Gasteiger partial charge in [-0.1, -0.05) is 30.3 Å². The second kappa shape index (κ2) is 7.15. The van der Waals surface area contributed by atoms with Crippen molar-refractivity contribution in [3.63, 3.8) is 0 Å². The van der Waals surface area contributed by atoms with Gasteiger partial charge in [0, 0.05) is 32.4 Å². The van der Waals surface area contributed by atoms with Crippen molar-refractivity contribution >= 4 is 11.6 Å². The van der Waals surface area contributed by atoms with Gasteiger partial charge in [-0.2, -0.15) is 5.10 Å². The molecule has 27 heavy (non-hydrogen) atoms. The third kappa shape index (κ3) is 3.51. The SMILES string of the molecule is CN1CCOc2c(C(=O)NCc3cnn(C)c3)cc(-c3ccccc3)cc21. The number of nitrogens with zero attached hydrogens (tertiary/aromatic N) is 3. The summed E-state index contributed by atoms with van der Waals surface area (Å²) in [7, 11) is 3.88. The summed E-state index contributed by atoms with van der Waals surface area (Å²) >= 11 is 0. The Morgan fingerprint density at radius 1 is 1.19 bits per heavy atom. The summed E-state index contributed by atoms with van der Waals surface area (Å²) in [6, 6.07) is 14.1. The maximum atomic E-state index is 13.0. The average Bonchev–Trinajstić information content (AvgIpc) is 3.12. The highest BCUT2D eigenvalue weighted by atomic mass is 16.5. The van der Waals surface area contributed by atoms with Crippen LogP contribution in [0.5, 0.6) is 5.75 Å². The van der Waals surface area contributed by atoms with Gasteiger partial charge in [-0.25, -0.2) is 0 Å². The minimum absolute atomic E-state index is 0.150. The van der Waals surface area contributed by atoms with Crippen molar-refractivity contribution in [3.05, 3.63) is 66.0 Å². The van der Waals surface area contributed by atoms with Gasteiger partial charge in [-0.3, -0.25) is 9.48 Å². The van der Waals surface area contributed by atoms with Crippen LogP contribution in [0.2, 0.25) is 0 Å². The highest BCUT2D eigenvalue weighted by Crippen LogP contribution is 2.38. The number of aryl methyl sites for hydroxylation is 1. The Morgan fingerprint density at radius 2 is 2.00 bits per heavy atom. The fraction of sp³-hybridized carbons (Fsp3) is 0.238. The molecule has 4 rings (SSSR count). The molecular formula is C21H22N4O2. The maximum absolute atomic E-state index is 13.0. The molecule has 1 N–H and O–H groups in total. The third-order valence-corrected chi connectivity index (χ3v) is 4.72. The van der Waals surface area contributed by atoms with E-state index in [4.69, 9.17) is 4.74 Å². The van der Waals surface area contributed by atoms with Gasteiger partial charge in [0.05, 0.1) is 24.0 Å². The van der Waals surface area contributed by atoms with Crippen LogP contribution in [0, 0.1) is 0 Å². The lowest BCUT2D eigenvalue weighted by Gasteiger charge is -2.29. The predicted octanol–water partition coefficient (Wildman–Crippen LogP) is 2.85. The van der Waals surface area contributed by atoms with E-state index in [1.807, 2.05) is 56.7 Å². The van der Waals surface area contributed by atoms with Crippen LogP contribution in [-0.2, 0) is 13.6 Å². The van der Waals surface area contributed by atoms with Crippen LogP contribution in [0.15, 0.2) is 54.9 Å². The zero-order chi connectivity index (χ0) is 18.8. The van der Waals surface area contributed by atoms with Crippen molar-refractivity contribution in [2.45, 2.75) is 6.54 Å². The van der Waals surface area contributed by atoms with Crippen LogP contribution in [0.25, 0.3) is 11.1 Å². The Balaban J connectivity index is 1.69. The molecule has 1 amide bonds. The lowest BCUT2D eigenvalue weighted by atomic mass is 9.99. The number of amides is 1. The van der Waals surface area contributed by atoms with Crippen LogP contribution in [0.3, 0.4) is 0 Å². The second-order valence-corrected chi connectivity index (χ2v) is 6.71. The number of rotatable bonds is 4. The van der Waals surface area contributed by atoms with E-state index in [1.165, 1.54) is 0 Å². The van der Waals surface area contributed by atoms with Gasteiger partial charge in [-0.15, -0.1) is 0 Å². The second-order valence-electron chi connectivity index (χ2n) is 6.71. The van der Waals surface area contributed by atoms with Crippen molar-refractivity contribution < 1.29 is 9.53 Å². The molecule has 3 aromatic rings. The van der Waals surface area contributed by atoms with Gasteiger partial charge in [-0.05, 0) is 23.3 Å². The Bertz CT molecular complexity index is 966. The number of hydrogen-bond acceptors (Lipinski definition) is 4. The van der Waals surface area contributed by atoms with Gasteiger partial charge in [0.25, 0.3) is 5.91 Å². The summed E-state index contributed by atoms with van der Waals surface area (Å²) < 4.78 is 7.59. The van der Waals surface area contributed by atoms with Crippen LogP contribution in [-0.4, -0.2) is 35.9 Å². The molecule has 6 nitrogen and oxygen atoms in total. The van der Waals surface area contributed by atoms with Crippen molar-refractivity contribution in [2.24, 2.45) is 7.05 Å². The molecular weight excluding hydrogens is 340 g/mol. The predicted molar refractivity (Wildman–Crippen MR) is 105 cm³/mol. The molecule has 2 aromatic carbocycles. The Hall–Kier alpha value is -3.28. The molecule has 2 heterocycles. The summed E-state index contributed by atoms with van der Waals surface area (Å²) in [5.74, 6) is 0.496. The lowest BCUT2D eigenvalue weighted by molar-refractivity contribution is 0.0946. The highest BCUT2D eigenvalue weighted by Gasteiger charge is 2.24. The fourth-order valence-corrected chi connectivity index (χ4v) is 3.26. The average molecular weight is 362 g/mol. The minimum atomic E-state index is -0.150. The molecule has 1 aliphatic rings. The fourth-order valence-electron chi connectivity index (χ4n) is 3.26. The molecule has 0 atom stereocenters. The summed E-state index contributed by atoms with van der Waals surface area (Å²) in [4.78, 5) is 15.1. The molecule has 1 aliphatic heterocycles. The Morgan fingerprint density at radius 3 is 2.74 bits per heavy atom. The van der Waals surface area contributed by atoms with Crippen molar-refractivity contribution in [3.8, 4) is 16.9 Å². The molecule has 6 heteroatoms. The van der Waals surface area contributed by atoms with Gasteiger partial charge in [0.1, 0.15) is 6.61 Å². The van der Waals surface area contributed by atoms with E-state index in [0.717, 1.165) is 28.9 Å². The van der Waals surface area contributed by atoms with Crippen LogP contribution < -0.4 is 15.0 Å². The van der Waals surface area contributed by atoms with E-state index in [1.54, 1.807) is 10.9 Å². The first-order valence-electron chi connectivity index (χ1n) is 8.95. The van der Waals surface area contributed by atoms with Crippen LogP contribution >= 0.6 is 0 Å². The monoisotopic (exact) mass is 362 g/mol. The number of nitrogens with one attached hydrogen (secondary N) is 1. The molecule has 0 unspecified atom stereocenters. The number of carbonyl (C=O) groups is 1. The van der Waals surface area contributed by atoms with Crippen LogP contribution in [0.4, 0.5) is 5.69 Å². The number of ether oxygens (including phenoxy) is 1. The zero-order valence-electron chi connectivity index (χ0n) is 15.5.